The molecule has 0 aliphatic rings. The van der Waals surface area contributed by atoms with Crippen LogP contribution < -0.4 is 5.32 Å². The van der Waals surface area contributed by atoms with Crippen molar-refractivity contribution < 1.29 is 9.31 Å². The summed E-state index contributed by atoms with van der Waals surface area (Å²) in [6.45, 7) is 1.76. The van der Waals surface area contributed by atoms with Crippen LogP contribution >= 0.6 is 0 Å². The summed E-state index contributed by atoms with van der Waals surface area (Å²) in [5.74, 6) is -0.279. The lowest BCUT2D eigenvalue weighted by Gasteiger charge is -2.14. The molecule has 1 unspecified atom stereocenters. The Bertz CT molecular complexity index is 613. The number of hydrogen-bond acceptors (Lipinski definition) is 5. The lowest BCUT2D eigenvalue weighted by molar-refractivity contribution is -0.386. The molecule has 1 aromatic carbocycles. The summed E-state index contributed by atoms with van der Waals surface area (Å²) in [7, 11) is 1.76. The van der Waals surface area contributed by atoms with Crippen LogP contribution in [0.25, 0.3) is 0 Å². The Morgan fingerprint density at radius 3 is 2.84 bits per heavy atom. The maximum atomic E-state index is 13.5. The van der Waals surface area contributed by atoms with E-state index >= 15 is 0 Å². The van der Waals surface area contributed by atoms with E-state index in [1.807, 2.05) is 0 Å². The first-order valence-electron chi connectivity index (χ1n) is 5.54. The van der Waals surface area contributed by atoms with Crippen LogP contribution in [0.5, 0.6) is 0 Å². The number of anilines is 1. The number of hydrogen-bond donors (Lipinski definition) is 1. The fourth-order valence-electron chi connectivity index (χ4n) is 1.80. The molecule has 0 saturated heterocycles. The third-order valence-electron chi connectivity index (χ3n) is 2.68. The molecule has 0 bridgehead atoms. The zero-order chi connectivity index (χ0) is 14.0. The predicted octanol–water partition coefficient (Wildman–Crippen LogP) is 2.04. The van der Waals surface area contributed by atoms with Crippen molar-refractivity contribution >= 4 is 11.4 Å². The van der Waals surface area contributed by atoms with Crippen molar-refractivity contribution in [1.82, 2.24) is 14.8 Å². The predicted molar refractivity (Wildman–Crippen MR) is 66.1 cm³/mol. The fourth-order valence-corrected chi connectivity index (χ4v) is 1.80. The van der Waals surface area contributed by atoms with E-state index < -0.39 is 16.4 Å². The van der Waals surface area contributed by atoms with Crippen molar-refractivity contribution in [3.63, 3.8) is 0 Å². The second-order valence-corrected chi connectivity index (χ2v) is 4.06. The first-order valence-corrected chi connectivity index (χ1v) is 5.54. The summed E-state index contributed by atoms with van der Waals surface area (Å²) < 4.78 is 15.1. The molecule has 100 valence electrons. The monoisotopic (exact) mass is 265 g/mol. The molecule has 1 atom stereocenters. The summed E-state index contributed by atoms with van der Waals surface area (Å²) in [5, 5.41) is 21.4. The van der Waals surface area contributed by atoms with Crippen LogP contribution in [0.2, 0.25) is 0 Å². The van der Waals surface area contributed by atoms with E-state index in [0.717, 1.165) is 6.07 Å². The zero-order valence-corrected chi connectivity index (χ0v) is 10.4. The fraction of sp³-hybridized carbons (Fsp3) is 0.273. The van der Waals surface area contributed by atoms with Crippen LogP contribution in [-0.2, 0) is 7.05 Å². The Balaban J connectivity index is 2.32. The third-order valence-corrected chi connectivity index (χ3v) is 2.68. The first kappa shape index (κ1) is 12.9. The molecule has 0 radical (unpaired) electrons. The normalized spacial score (nSPS) is 12.2. The molecule has 0 amide bonds. The van der Waals surface area contributed by atoms with Gasteiger partial charge in [0.05, 0.1) is 11.0 Å². The van der Waals surface area contributed by atoms with Crippen molar-refractivity contribution in [1.29, 1.82) is 0 Å². The van der Waals surface area contributed by atoms with Gasteiger partial charge in [-0.15, -0.1) is 10.2 Å². The van der Waals surface area contributed by atoms with Crippen molar-refractivity contribution in [3.05, 3.63) is 46.3 Å². The number of para-hydroxylation sites is 1. The van der Waals surface area contributed by atoms with Crippen LogP contribution in [-0.4, -0.2) is 19.7 Å². The van der Waals surface area contributed by atoms with Gasteiger partial charge in [0.1, 0.15) is 12.0 Å². The highest BCUT2D eigenvalue weighted by Crippen LogP contribution is 2.29. The minimum Gasteiger partial charge on any atom is -0.370 e. The Hall–Kier alpha value is -2.51. The highest BCUT2D eigenvalue weighted by Gasteiger charge is 2.22. The number of aromatic nitrogens is 3. The number of rotatable bonds is 4. The van der Waals surface area contributed by atoms with E-state index in [0.29, 0.717) is 5.82 Å². The van der Waals surface area contributed by atoms with Gasteiger partial charge in [0.25, 0.3) is 0 Å². The van der Waals surface area contributed by atoms with Gasteiger partial charge in [0.15, 0.2) is 5.82 Å². The van der Waals surface area contributed by atoms with Crippen LogP contribution in [0.4, 0.5) is 15.8 Å². The lowest BCUT2D eigenvalue weighted by Crippen LogP contribution is -2.13. The first-order chi connectivity index (χ1) is 9.00. The van der Waals surface area contributed by atoms with Crippen LogP contribution in [0.1, 0.15) is 18.8 Å². The van der Waals surface area contributed by atoms with Crippen molar-refractivity contribution in [3.8, 4) is 0 Å². The second-order valence-electron chi connectivity index (χ2n) is 4.06. The van der Waals surface area contributed by atoms with Gasteiger partial charge in [-0.25, -0.2) is 0 Å². The zero-order valence-electron chi connectivity index (χ0n) is 10.4. The van der Waals surface area contributed by atoms with Gasteiger partial charge in [0.2, 0.25) is 5.82 Å². The minimum absolute atomic E-state index is 0.112. The van der Waals surface area contributed by atoms with Gasteiger partial charge in [-0.1, -0.05) is 6.07 Å². The molecule has 1 N–H and O–H groups in total. The van der Waals surface area contributed by atoms with E-state index in [4.69, 9.17) is 0 Å². The van der Waals surface area contributed by atoms with Gasteiger partial charge < -0.3 is 9.88 Å². The number of benzene rings is 1. The van der Waals surface area contributed by atoms with Crippen molar-refractivity contribution in [2.75, 3.05) is 5.32 Å². The Morgan fingerprint density at radius 2 is 2.26 bits per heavy atom. The van der Waals surface area contributed by atoms with Crippen molar-refractivity contribution in [2.45, 2.75) is 13.0 Å². The highest BCUT2D eigenvalue weighted by molar-refractivity contribution is 5.62. The Morgan fingerprint density at radius 1 is 1.53 bits per heavy atom. The third kappa shape index (κ3) is 2.51. The molecule has 7 nitrogen and oxygen atoms in total. The average molecular weight is 265 g/mol. The Kier molecular flexibility index (Phi) is 3.41. The van der Waals surface area contributed by atoms with E-state index in [-0.39, 0.29) is 11.7 Å². The molecule has 0 aliphatic heterocycles. The van der Waals surface area contributed by atoms with Crippen LogP contribution in [0, 0.1) is 15.9 Å². The van der Waals surface area contributed by atoms with Gasteiger partial charge in [-0.3, -0.25) is 10.1 Å². The number of nitrogens with zero attached hydrogens (tertiary/aromatic N) is 4. The quantitative estimate of drug-likeness (QED) is 0.675. The van der Waals surface area contributed by atoms with Gasteiger partial charge in [-0.2, -0.15) is 4.39 Å². The molecule has 2 rings (SSSR count). The lowest BCUT2D eigenvalue weighted by atomic mass is 10.2. The molecular formula is C11H12FN5O2. The maximum absolute atomic E-state index is 13.5. The average Bonchev–Trinajstić information content (AvgIpc) is 2.75. The SMILES string of the molecule is CC(Nc1cccc(F)c1[N+](=O)[O-])c1nncn1C. The largest absolute Gasteiger partial charge is 0.370 e. The number of nitro groups is 1. The molecule has 8 heteroatoms. The van der Waals surface area contributed by atoms with E-state index in [1.165, 1.54) is 18.5 Å². The van der Waals surface area contributed by atoms with E-state index in [2.05, 4.69) is 15.5 Å². The second kappa shape index (κ2) is 5.01. The number of aryl methyl sites for hydroxylation is 1. The van der Waals surface area contributed by atoms with Crippen LogP contribution in [0.15, 0.2) is 24.5 Å². The number of halogens is 1. The molecule has 0 saturated carbocycles. The summed E-state index contributed by atoms with van der Waals surface area (Å²) in [4.78, 5) is 10.1. The van der Waals surface area contributed by atoms with Gasteiger partial charge in [-0.05, 0) is 19.1 Å². The summed E-state index contributed by atoms with van der Waals surface area (Å²) in [6, 6.07) is 3.58. The van der Waals surface area contributed by atoms with Crippen LogP contribution in [0.3, 0.4) is 0 Å². The molecule has 1 aromatic heterocycles. The molecule has 0 fully saturated rings. The summed E-state index contributed by atoms with van der Waals surface area (Å²) >= 11 is 0. The molecule has 2 aromatic rings. The van der Waals surface area contributed by atoms with Gasteiger partial charge in [0, 0.05) is 7.05 Å². The summed E-state index contributed by atoms with van der Waals surface area (Å²) in [6.07, 6.45) is 1.52. The summed E-state index contributed by atoms with van der Waals surface area (Å²) in [5.41, 5.74) is -0.461. The molecule has 19 heavy (non-hydrogen) atoms. The Labute approximate surface area is 108 Å². The smallest absolute Gasteiger partial charge is 0.327 e. The molecule has 0 aliphatic carbocycles. The number of nitrogens with one attached hydrogen (secondary N) is 1. The number of nitro benzene ring substituents is 1. The maximum Gasteiger partial charge on any atom is 0.327 e. The van der Waals surface area contributed by atoms with Gasteiger partial charge >= 0.3 is 5.69 Å². The standard InChI is InChI=1S/C11H12FN5O2/c1-7(11-15-13-6-16(11)2)14-9-5-3-4-8(12)10(9)17(18)19/h3-7,14H,1-2H3. The molecule has 0 spiro atoms. The minimum atomic E-state index is -0.875. The molecule has 1 heterocycles. The topological polar surface area (TPSA) is 85.9 Å². The van der Waals surface area contributed by atoms with Crippen molar-refractivity contribution in [2.24, 2.45) is 7.05 Å². The highest BCUT2D eigenvalue weighted by atomic mass is 19.1. The van der Waals surface area contributed by atoms with E-state index in [1.54, 1.807) is 18.5 Å². The molecular weight excluding hydrogens is 253 g/mol. The van der Waals surface area contributed by atoms with E-state index in [9.17, 15) is 14.5 Å².